The van der Waals surface area contributed by atoms with Crippen LogP contribution in [0.2, 0.25) is 0 Å². The van der Waals surface area contributed by atoms with Crippen LogP contribution < -0.4 is 14.8 Å². The molecule has 0 radical (unpaired) electrons. The second-order valence-corrected chi connectivity index (χ2v) is 4.72. The maximum absolute atomic E-state index is 5.55. The minimum atomic E-state index is 0.134. The topological polar surface area (TPSA) is 43.4 Å². The Balaban J connectivity index is 2.34. The number of hydrogen-bond acceptors (Lipinski definition) is 4. The molecule has 0 bridgehead atoms. The molecule has 0 amide bonds. The van der Waals surface area contributed by atoms with E-state index in [0.717, 1.165) is 35.7 Å². The molecule has 1 heterocycles. The van der Waals surface area contributed by atoms with E-state index in [4.69, 9.17) is 9.47 Å². The quantitative estimate of drug-likeness (QED) is 0.849. The molecule has 0 aliphatic carbocycles. The molecule has 1 atom stereocenters. The minimum absolute atomic E-state index is 0.134. The molecule has 2 aromatic rings. The van der Waals surface area contributed by atoms with Gasteiger partial charge in [0.25, 0.3) is 0 Å². The molecule has 0 saturated heterocycles. The third kappa shape index (κ3) is 3.73. The summed E-state index contributed by atoms with van der Waals surface area (Å²) in [6, 6.07) is 12.1. The first-order valence-corrected chi connectivity index (χ1v) is 7.14. The van der Waals surface area contributed by atoms with Crippen LogP contribution in [0, 0.1) is 0 Å². The maximum atomic E-state index is 5.55. The predicted octanol–water partition coefficient (Wildman–Crippen LogP) is 2.99. The second-order valence-electron chi connectivity index (χ2n) is 4.72. The smallest absolute Gasteiger partial charge is 0.165 e. The van der Waals surface area contributed by atoms with Gasteiger partial charge in [-0.2, -0.15) is 0 Å². The number of rotatable bonds is 7. The lowest BCUT2D eigenvalue weighted by Crippen LogP contribution is -2.24. The van der Waals surface area contributed by atoms with E-state index >= 15 is 0 Å². The number of aromatic nitrogens is 1. The zero-order valence-corrected chi connectivity index (χ0v) is 12.8. The Labute approximate surface area is 126 Å². The molecule has 0 fully saturated rings. The van der Waals surface area contributed by atoms with E-state index in [1.165, 1.54) is 0 Å². The lowest BCUT2D eigenvalue weighted by molar-refractivity contribution is 0.346. The number of hydrogen-bond donors (Lipinski definition) is 1. The number of para-hydroxylation sites is 1. The molecule has 112 valence electrons. The van der Waals surface area contributed by atoms with Crippen molar-refractivity contribution in [1.82, 2.24) is 10.3 Å². The summed E-state index contributed by atoms with van der Waals surface area (Å²) >= 11 is 0. The molecule has 1 N–H and O–H groups in total. The lowest BCUT2D eigenvalue weighted by atomic mass is 10.00. The highest BCUT2D eigenvalue weighted by Crippen LogP contribution is 2.35. The fourth-order valence-electron chi connectivity index (χ4n) is 2.45. The Kier molecular flexibility index (Phi) is 5.58. The van der Waals surface area contributed by atoms with E-state index in [2.05, 4.69) is 23.3 Å². The Bertz CT molecular complexity index is 558. The molecule has 2 rings (SSSR count). The van der Waals surface area contributed by atoms with Crippen molar-refractivity contribution in [1.29, 1.82) is 0 Å². The molecule has 1 aromatic heterocycles. The van der Waals surface area contributed by atoms with E-state index in [9.17, 15) is 0 Å². The van der Waals surface area contributed by atoms with Gasteiger partial charge in [-0.15, -0.1) is 0 Å². The number of ether oxygens (including phenoxy) is 2. The Morgan fingerprint density at radius 2 is 1.95 bits per heavy atom. The molecule has 21 heavy (non-hydrogen) atoms. The monoisotopic (exact) mass is 286 g/mol. The van der Waals surface area contributed by atoms with Crippen LogP contribution in [0.15, 0.2) is 42.6 Å². The van der Waals surface area contributed by atoms with E-state index in [1.54, 1.807) is 14.2 Å². The normalized spacial score (nSPS) is 12.0. The van der Waals surface area contributed by atoms with Crippen molar-refractivity contribution in [3.8, 4) is 11.5 Å². The number of benzene rings is 1. The third-order valence-corrected chi connectivity index (χ3v) is 3.40. The Morgan fingerprint density at radius 3 is 2.57 bits per heavy atom. The van der Waals surface area contributed by atoms with Gasteiger partial charge in [0, 0.05) is 29.9 Å². The average Bonchev–Trinajstić information content (AvgIpc) is 2.54. The highest BCUT2D eigenvalue weighted by molar-refractivity contribution is 5.48. The number of likely N-dealkylation sites (N-methyl/N-ethyl adjacent to an activating group) is 1. The molecule has 0 saturated carbocycles. The van der Waals surface area contributed by atoms with Crippen LogP contribution in [-0.4, -0.2) is 25.7 Å². The van der Waals surface area contributed by atoms with Crippen molar-refractivity contribution in [3.63, 3.8) is 0 Å². The molecule has 4 heteroatoms. The molecule has 0 spiro atoms. The first-order chi connectivity index (χ1) is 10.3. The van der Waals surface area contributed by atoms with Gasteiger partial charge < -0.3 is 14.8 Å². The van der Waals surface area contributed by atoms with Gasteiger partial charge in [-0.25, -0.2) is 0 Å². The third-order valence-electron chi connectivity index (χ3n) is 3.40. The average molecular weight is 286 g/mol. The zero-order chi connectivity index (χ0) is 15.1. The number of nitrogens with one attached hydrogen (secondary N) is 1. The van der Waals surface area contributed by atoms with Crippen molar-refractivity contribution in [2.45, 2.75) is 19.4 Å². The van der Waals surface area contributed by atoms with Crippen molar-refractivity contribution in [2.24, 2.45) is 0 Å². The van der Waals surface area contributed by atoms with Crippen LogP contribution in [0.1, 0.15) is 24.2 Å². The van der Waals surface area contributed by atoms with E-state index in [-0.39, 0.29) is 6.04 Å². The van der Waals surface area contributed by atoms with Gasteiger partial charge in [0.2, 0.25) is 0 Å². The highest BCUT2D eigenvalue weighted by atomic mass is 16.5. The fraction of sp³-hybridized carbons (Fsp3) is 0.353. The van der Waals surface area contributed by atoms with Gasteiger partial charge in [-0.3, -0.25) is 4.98 Å². The summed E-state index contributed by atoms with van der Waals surface area (Å²) in [4.78, 5) is 4.41. The Hall–Kier alpha value is -2.07. The van der Waals surface area contributed by atoms with Gasteiger partial charge in [0.05, 0.1) is 14.2 Å². The van der Waals surface area contributed by atoms with Gasteiger partial charge in [-0.1, -0.05) is 25.1 Å². The first kappa shape index (κ1) is 15.3. The van der Waals surface area contributed by atoms with Crippen molar-refractivity contribution >= 4 is 0 Å². The Morgan fingerprint density at radius 1 is 1.10 bits per heavy atom. The van der Waals surface area contributed by atoms with E-state index in [0.29, 0.717) is 0 Å². The summed E-state index contributed by atoms with van der Waals surface area (Å²) in [5.74, 6) is 1.53. The molecule has 4 nitrogen and oxygen atoms in total. The van der Waals surface area contributed by atoms with Crippen LogP contribution in [0.4, 0.5) is 0 Å². The molecular formula is C17H22N2O2. The lowest BCUT2D eigenvalue weighted by Gasteiger charge is -2.21. The first-order valence-electron chi connectivity index (χ1n) is 7.14. The van der Waals surface area contributed by atoms with Gasteiger partial charge in [0.15, 0.2) is 11.5 Å². The van der Waals surface area contributed by atoms with Crippen LogP contribution in [-0.2, 0) is 6.42 Å². The van der Waals surface area contributed by atoms with Crippen LogP contribution in [0.3, 0.4) is 0 Å². The molecule has 0 aliphatic rings. The molecule has 1 aromatic carbocycles. The summed E-state index contributed by atoms with van der Waals surface area (Å²) in [6.07, 6.45) is 2.62. The predicted molar refractivity (Wildman–Crippen MR) is 83.9 cm³/mol. The van der Waals surface area contributed by atoms with E-state index < -0.39 is 0 Å². The highest BCUT2D eigenvalue weighted by Gasteiger charge is 2.19. The van der Waals surface area contributed by atoms with E-state index in [1.807, 2.05) is 36.5 Å². The summed E-state index contributed by atoms with van der Waals surface area (Å²) in [5, 5.41) is 3.50. The van der Waals surface area contributed by atoms with Gasteiger partial charge in [0.1, 0.15) is 0 Å². The SMILES string of the molecule is CCNC(Cc1ccccn1)c1cccc(OC)c1OC. The van der Waals surface area contributed by atoms with Gasteiger partial charge in [-0.05, 0) is 24.7 Å². The summed E-state index contributed by atoms with van der Waals surface area (Å²) in [7, 11) is 3.33. The molecule has 1 unspecified atom stereocenters. The van der Waals surface area contributed by atoms with Crippen LogP contribution in [0.25, 0.3) is 0 Å². The second kappa shape index (κ2) is 7.64. The summed E-state index contributed by atoms with van der Waals surface area (Å²) < 4.78 is 10.9. The van der Waals surface area contributed by atoms with Crippen molar-refractivity contribution in [3.05, 3.63) is 53.9 Å². The zero-order valence-electron chi connectivity index (χ0n) is 12.8. The van der Waals surface area contributed by atoms with Crippen LogP contribution in [0.5, 0.6) is 11.5 Å². The number of pyridine rings is 1. The van der Waals surface area contributed by atoms with Gasteiger partial charge >= 0.3 is 0 Å². The largest absolute Gasteiger partial charge is 0.493 e. The molecule has 0 aliphatic heterocycles. The van der Waals surface area contributed by atoms with Crippen LogP contribution >= 0.6 is 0 Å². The fourth-order valence-corrected chi connectivity index (χ4v) is 2.45. The number of methoxy groups -OCH3 is 2. The minimum Gasteiger partial charge on any atom is -0.493 e. The maximum Gasteiger partial charge on any atom is 0.165 e. The number of nitrogens with zero attached hydrogens (tertiary/aromatic N) is 1. The standard InChI is InChI=1S/C17H22N2O2/c1-4-18-15(12-13-8-5-6-11-19-13)14-9-7-10-16(20-2)17(14)21-3/h5-11,15,18H,4,12H2,1-3H3. The molecular weight excluding hydrogens is 264 g/mol. The van der Waals surface area contributed by atoms with Crippen molar-refractivity contribution in [2.75, 3.05) is 20.8 Å². The summed E-state index contributed by atoms with van der Waals surface area (Å²) in [6.45, 7) is 2.97. The summed E-state index contributed by atoms with van der Waals surface area (Å²) in [5.41, 5.74) is 2.14. The van der Waals surface area contributed by atoms with Crippen molar-refractivity contribution < 1.29 is 9.47 Å².